The Bertz CT molecular complexity index is 574. The van der Waals surface area contributed by atoms with Crippen LogP contribution in [0, 0.1) is 5.82 Å². The number of allylic oxidation sites excluding steroid dienone is 4. The third kappa shape index (κ3) is 4.30. The third-order valence-electron chi connectivity index (χ3n) is 2.16. The topological polar surface area (TPSA) is 60.2 Å². The van der Waals surface area contributed by atoms with Crippen molar-refractivity contribution in [1.82, 2.24) is 0 Å². The molecule has 1 aromatic rings. The Hall–Kier alpha value is -2.01. The van der Waals surface area contributed by atoms with Gasteiger partial charge < -0.3 is 5.73 Å². The van der Waals surface area contributed by atoms with Crippen LogP contribution >= 0.6 is 15.9 Å². The van der Waals surface area contributed by atoms with Crippen molar-refractivity contribution in [2.45, 2.75) is 0 Å². The molecular formula is C14H11BrFNO2. The number of nitrogens with two attached hydrogens (primary N) is 1. The molecule has 0 atom stereocenters. The van der Waals surface area contributed by atoms with Crippen LogP contribution in [0.4, 0.5) is 4.39 Å². The van der Waals surface area contributed by atoms with Crippen LogP contribution in [-0.2, 0) is 4.79 Å². The summed E-state index contributed by atoms with van der Waals surface area (Å²) in [5, 5.41) is 0. The average molecular weight is 324 g/mol. The first-order valence-corrected chi connectivity index (χ1v) is 6.04. The van der Waals surface area contributed by atoms with E-state index in [0.29, 0.717) is 4.48 Å². The predicted molar refractivity (Wildman–Crippen MR) is 75.2 cm³/mol. The fourth-order valence-corrected chi connectivity index (χ4v) is 1.57. The number of carbonyl (C=O) groups excluding carboxylic acids is 2. The van der Waals surface area contributed by atoms with Gasteiger partial charge in [-0.25, -0.2) is 4.39 Å². The van der Waals surface area contributed by atoms with Crippen LogP contribution in [0.3, 0.4) is 0 Å². The summed E-state index contributed by atoms with van der Waals surface area (Å²) in [7, 11) is 0. The minimum atomic E-state index is -0.742. The van der Waals surface area contributed by atoms with Crippen LogP contribution in [-0.4, -0.2) is 11.6 Å². The van der Waals surface area contributed by atoms with Crippen molar-refractivity contribution in [2.24, 2.45) is 5.73 Å². The van der Waals surface area contributed by atoms with E-state index in [9.17, 15) is 14.0 Å². The molecule has 0 saturated heterocycles. The van der Waals surface area contributed by atoms with Gasteiger partial charge in [-0.1, -0.05) is 22.5 Å². The van der Waals surface area contributed by atoms with Crippen molar-refractivity contribution < 1.29 is 14.0 Å². The van der Waals surface area contributed by atoms with Gasteiger partial charge in [0.2, 0.25) is 11.6 Å². The second kappa shape index (κ2) is 6.80. The average Bonchev–Trinajstić information content (AvgIpc) is 2.37. The molecule has 0 amide bonds. The highest BCUT2D eigenvalue weighted by molar-refractivity contribution is 9.11. The molecule has 0 aromatic heterocycles. The summed E-state index contributed by atoms with van der Waals surface area (Å²) in [5.74, 6) is -1.96. The maximum atomic E-state index is 12.7. The number of carbonyl (C=O) groups is 2. The summed E-state index contributed by atoms with van der Waals surface area (Å²) in [6.07, 6.45) is 3.83. The minimum Gasteiger partial charge on any atom is -0.405 e. The zero-order valence-corrected chi connectivity index (χ0v) is 11.5. The highest BCUT2D eigenvalue weighted by Gasteiger charge is 2.19. The van der Waals surface area contributed by atoms with Crippen molar-refractivity contribution >= 4 is 27.5 Å². The normalized spacial score (nSPS) is 11.6. The van der Waals surface area contributed by atoms with Gasteiger partial charge in [0, 0.05) is 15.6 Å². The highest BCUT2D eigenvalue weighted by Crippen LogP contribution is 2.13. The van der Waals surface area contributed by atoms with Gasteiger partial charge in [0.25, 0.3) is 0 Å². The van der Waals surface area contributed by atoms with Gasteiger partial charge in [-0.2, -0.15) is 0 Å². The Morgan fingerprint density at radius 3 is 2.32 bits per heavy atom. The van der Waals surface area contributed by atoms with E-state index in [1.54, 1.807) is 0 Å². The van der Waals surface area contributed by atoms with Crippen molar-refractivity contribution in [1.29, 1.82) is 0 Å². The van der Waals surface area contributed by atoms with E-state index in [1.165, 1.54) is 24.3 Å². The van der Waals surface area contributed by atoms with Crippen LogP contribution in [0.2, 0.25) is 0 Å². The molecule has 98 valence electrons. The molecule has 1 rings (SSSR count). The van der Waals surface area contributed by atoms with Crippen molar-refractivity contribution in [3.63, 3.8) is 0 Å². The van der Waals surface area contributed by atoms with Gasteiger partial charge in [-0.05, 0) is 42.6 Å². The number of Topliss-reactive ketones (excluding diaryl/α,β-unsaturated/α-hetero) is 2. The molecule has 0 unspecified atom stereocenters. The molecule has 0 spiro atoms. The zero-order chi connectivity index (χ0) is 14.4. The molecule has 1 aromatic carbocycles. The summed E-state index contributed by atoms with van der Waals surface area (Å²) >= 11 is 3.07. The molecule has 0 bridgehead atoms. The smallest absolute Gasteiger partial charge is 0.233 e. The van der Waals surface area contributed by atoms with Crippen LogP contribution < -0.4 is 5.73 Å². The van der Waals surface area contributed by atoms with E-state index in [2.05, 4.69) is 22.5 Å². The fraction of sp³-hybridized carbons (Fsp3) is 0. The molecule has 0 aliphatic heterocycles. The Kier molecular flexibility index (Phi) is 5.38. The summed E-state index contributed by atoms with van der Waals surface area (Å²) in [6, 6.07) is 4.74. The first kappa shape index (κ1) is 15.0. The first-order valence-electron chi connectivity index (χ1n) is 5.24. The minimum absolute atomic E-state index is 0.0960. The molecule has 19 heavy (non-hydrogen) atoms. The number of hydrogen-bond acceptors (Lipinski definition) is 3. The molecule has 5 heteroatoms. The molecule has 0 saturated carbocycles. The molecule has 3 nitrogen and oxygen atoms in total. The first-order chi connectivity index (χ1) is 8.95. The third-order valence-corrected chi connectivity index (χ3v) is 2.39. The van der Waals surface area contributed by atoms with Crippen molar-refractivity contribution in [2.75, 3.05) is 0 Å². The van der Waals surface area contributed by atoms with E-state index >= 15 is 0 Å². The molecule has 0 heterocycles. The second-order valence-corrected chi connectivity index (χ2v) is 4.59. The maximum Gasteiger partial charge on any atom is 0.233 e. The summed E-state index contributed by atoms with van der Waals surface area (Å²) in [4.78, 5) is 23.9. The molecular weight excluding hydrogens is 313 g/mol. The Balaban J connectivity index is 3.07. The number of hydrogen-bond donors (Lipinski definition) is 1. The Labute approximate surface area is 118 Å². The Morgan fingerprint density at radius 1 is 1.26 bits per heavy atom. The standard InChI is InChI=1S/C14H11BrFNO2/c1-9(15)8-11(6-7-17)14(19)13(18)10-2-4-12(16)5-3-10/h2-8H,1,17H2/b7-6-,11-8+. The lowest BCUT2D eigenvalue weighted by atomic mass is 10.0. The number of halogens is 2. The number of rotatable bonds is 5. The highest BCUT2D eigenvalue weighted by atomic mass is 79.9. The van der Waals surface area contributed by atoms with Gasteiger partial charge in [0.05, 0.1) is 0 Å². The molecule has 0 radical (unpaired) electrons. The van der Waals surface area contributed by atoms with E-state index < -0.39 is 17.4 Å². The molecule has 2 N–H and O–H groups in total. The Morgan fingerprint density at radius 2 is 1.84 bits per heavy atom. The lowest BCUT2D eigenvalue weighted by Gasteiger charge is -2.01. The van der Waals surface area contributed by atoms with Crippen LogP contribution in [0.25, 0.3) is 0 Å². The summed E-state index contributed by atoms with van der Waals surface area (Å²) < 4.78 is 13.2. The quantitative estimate of drug-likeness (QED) is 0.392. The fourth-order valence-electron chi connectivity index (χ4n) is 1.33. The van der Waals surface area contributed by atoms with E-state index in [4.69, 9.17) is 5.73 Å². The summed E-state index contributed by atoms with van der Waals surface area (Å²) in [5.41, 5.74) is 5.43. The van der Waals surface area contributed by atoms with Gasteiger partial charge in [-0.3, -0.25) is 9.59 Å². The number of ketones is 2. The summed E-state index contributed by atoms with van der Waals surface area (Å²) in [6.45, 7) is 3.56. The zero-order valence-electron chi connectivity index (χ0n) is 9.90. The molecule has 0 fully saturated rings. The lowest BCUT2D eigenvalue weighted by molar-refractivity contribution is -0.111. The monoisotopic (exact) mass is 323 g/mol. The molecule has 0 aliphatic rings. The molecule has 0 aliphatic carbocycles. The lowest BCUT2D eigenvalue weighted by Crippen LogP contribution is -2.16. The van der Waals surface area contributed by atoms with E-state index in [0.717, 1.165) is 18.3 Å². The van der Waals surface area contributed by atoms with Crippen molar-refractivity contribution in [3.05, 3.63) is 70.6 Å². The van der Waals surface area contributed by atoms with Gasteiger partial charge in [0.1, 0.15) is 5.82 Å². The second-order valence-electron chi connectivity index (χ2n) is 3.57. The van der Waals surface area contributed by atoms with Gasteiger partial charge in [0.15, 0.2) is 0 Å². The van der Waals surface area contributed by atoms with Crippen LogP contribution in [0.5, 0.6) is 0 Å². The predicted octanol–water partition coefficient (Wildman–Crippen LogP) is 2.88. The number of benzene rings is 1. The van der Waals surface area contributed by atoms with E-state index in [-0.39, 0.29) is 11.1 Å². The van der Waals surface area contributed by atoms with Crippen LogP contribution in [0.15, 0.2) is 59.3 Å². The van der Waals surface area contributed by atoms with Crippen LogP contribution in [0.1, 0.15) is 10.4 Å². The maximum absolute atomic E-state index is 12.7. The largest absolute Gasteiger partial charge is 0.405 e. The van der Waals surface area contributed by atoms with E-state index in [1.807, 2.05) is 0 Å². The SMILES string of the molecule is C=C(Br)/C=C(\C=C/N)C(=O)C(=O)c1ccc(F)cc1. The van der Waals surface area contributed by atoms with Gasteiger partial charge in [-0.15, -0.1) is 0 Å². The van der Waals surface area contributed by atoms with Gasteiger partial charge >= 0.3 is 0 Å². The van der Waals surface area contributed by atoms with Crippen molar-refractivity contribution in [3.8, 4) is 0 Å².